The normalized spacial score (nSPS) is 10.1. The quantitative estimate of drug-likeness (QED) is 0.758. The number of anilines is 1. The molecule has 0 aliphatic carbocycles. The van der Waals surface area contributed by atoms with Crippen LogP contribution in [0, 0.1) is 0 Å². The van der Waals surface area contributed by atoms with Gasteiger partial charge in [-0.1, -0.05) is 23.2 Å². The summed E-state index contributed by atoms with van der Waals surface area (Å²) in [6.07, 6.45) is 0. The van der Waals surface area contributed by atoms with E-state index in [1.807, 2.05) is 18.2 Å². The second-order valence-corrected chi connectivity index (χ2v) is 5.90. The number of ether oxygens (including phenoxy) is 2. The lowest BCUT2D eigenvalue weighted by atomic mass is 10.2. The maximum atomic E-state index is 6.10. The molecular formula is C16H16Cl2N2O2S. The highest BCUT2D eigenvalue weighted by Gasteiger charge is 2.05. The van der Waals surface area contributed by atoms with Crippen molar-refractivity contribution in [3.05, 3.63) is 52.0 Å². The molecule has 0 heterocycles. The van der Waals surface area contributed by atoms with E-state index in [2.05, 4.69) is 10.6 Å². The first kappa shape index (κ1) is 17.7. The van der Waals surface area contributed by atoms with Gasteiger partial charge in [0, 0.05) is 17.6 Å². The predicted molar refractivity (Wildman–Crippen MR) is 99.1 cm³/mol. The van der Waals surface area contributed by atoms with Crippen molar-refractivity contribution in [1.82, 2.24) is 5.32 Å². The summed E-state index contributed by atoms with van der Waals surface area (Å²) < 4.78 is 10.5. The summed E-state index contributed by atoms with van der Waals surface area (Å²) >= 11 is 17.2. The van der Waals surface area contributed by atoms with Gasteiger partial charge in [-0.15, -0.1) is 0 Å². The van der Waals surface area contributed by atoms with E-state index >= 15 is 0 Å². The Hall–Kier alpha value is -1.69. The molecule has 0 amide bonds. The number of halogens is 2. The minimum absolute atomic E-state index is 0.455. The summed E-state index contributed by atoms with van der Waals surface area (Å²) in [5, 5.41) is 7.67. The Morgan fingerprint density at radius 1 is 1.04 bits per heavy atom. The van der Waals surface area contributed by atoms with E-state index in [1.54, 1.807) is 32.4 Å². The molecule has 2 aromatic rings. The second kappa shape index (κ2) is 8.24. The summed E-state index contributed by atoms with van der Waals surface area (Å²) in [4.78, 5) is 0. The van der Waals surface area contributed by atoms with Crippen molar-refractivity contribution in [3.8, 4) is 11.5 Å². The van der Waals surface area contributed by atoms with Gasteiger partial charge >= 0.3 is 0 Å². The third-order valence-electron chi connectivity index (χ3n) is 3.04. The molecule has 0 spiro atoms. The molecule has 2 aromatic carbocycles. The first-order chi connectivity index (χ1) is 11.0. The van der Waals surface area contributed by atoms with Crippen LogP contribution in [0.3, 0.4) is 0 Å². The molecule has 0 fully saturated rings. The van der Waals surface area contributed by atoms with Crippen LogP contribution in [0.1, 0.15) is 5.56 Å². The number of thiocarbonyl (C=S) groups is 1. The smallest absolute Gasteiger partial charge is 0.171 e. The summed E-state index contributed by atoms with van der Waals surface area (Å²) in [5.74, 6) is 1.45. The Kier molecular flexibility index (Phi) is 6.33. The fraction of sp³-hybridized carbons (Fsp3) is 0.188. The summed E-state index contributed by atoms with van der Waals surface area (Å²) in [7, 11) is 3.22. The number of nitrogens with one attached hydrogen (secondary N) is 2. The molecule has 0 bridgehead atoms. The third-order valence-corrected chi connectivity index (χ3v) is 3.84. The van der Waals surface area contributed by atoms with E-state index in [0.29, 0.717) is 27.4 Å². The van der Waals surface area contributed by atoms with Crippen molar-refractivity contribution in [2.75, 3.05) is 19.5 Å². The summed E-state index contributed by atoms with van der Waals surface area (Å²) in [5.41, 5.74) is 1.67. The highest BCUT2D eigenvalue weighted by molar-refractivity contribution is 7.80. The maximum absolute atomic E-state index is 6.10. The van der Waals surface area contributed by atoms with Crippen molar-refractivity contribution in [1.29, 1.82) is 0 Å². The largest absolute Gasteiger partial charge is 0.497 e. The van der Waals surface area contributed by atoms with Gasteiger partial charge in [0.25, 0.3) is 0 Å². The Bertz CT molecular complexity index is 688. The Morgan fingerprint density at radius 2 is 1.70 bits per heavy atom. The lowest BCUT2D eigenvalue weighted by Crippen LogP contribution is -2.28. The zero-order valence-electron chi connectivity index (χ0n) is 12.7. The molecular weight excluding hydrogens is 355 g/mol. The number of benzene rings is 2. The van der Waals surface area contributed by atoms with Gasteiger partial charge in [0.15, 0.2) is 5.11 Å². The Balaban J connectivity index is 1.99. The van der Waals surface area contributed by atoms with Crippen LogP contribution in [0.15, 0.2) is 36.4 Å². The molecule has 122 valence electrons. The van der Waals surface area contributed by atoms with Crippen LogP contribution < -0.4 is 20.1 Å². The van der Waals surface area contributed by atoms with Crippen LogP contribution >= 0.6 is 35.4 Å². The molecule has 7 heteroatoms. The van der Waals surface area contributed by atoms with Crippen LogP contribution in [-0.4, -0.2) is 19.3 Å². The molecule has 0 atom stereocenters. The fourth-order valence-electron chi connectivity index (χ4n) is 1.91. The average Bonchev–Trinajstić information content (AvgIpc) is 2.55. The van der Waals surface area contributed by atoms with Crippen LogP contribution in [0.4, 0.5) is 5.69 Å². The first-order valence-electron chi connectivity index (χ1n) is 6.73. The Labute approximate surface area is 150 Å². The van der Waals surface area contributed by atoms with Gasteiger partial charge in [-0.05, 0) is 48.1 Å². The highest BCUT2D eigenvalue weighted by Crippen LogP contribution is 2.25. The Morgan fingerprint density at radius 3 is 2.26 bits per heavy atom. The van der Waals surface area contributed by atoms with Crippen LogP contribution in [0.2, 0.25) is 10.0 Å². The fourth-order valence-corrected chi connectivity index (χ4v) is 2.55. The minimum Gasteiger partial charge on any atom is -0.497 e. The molecule has 0 unspecified atom stereocenters. The zero-order valence-corrected chi connectivity index (χ0v) is 15.0. The lowest BCUT2D eigenvalue weighted by Gasteiger charge is -2.13. The first-order valence-corrected chi connectivity index (χ1v) is 7.90. The van der Waals surface area contributed by atoms with Crippen molar-refractivity contribution in [2.45, 2.75) is 6.54 Å². The molecule has 0 aromatic heterocycles. The number of rotatable bonds is 5. The average molecular weight is 371 g/mol. The molecule has 0 saturated carbocycles. The minimum atomic E-state index is 0.455. The molecule has 0 aliphatic rings. The van der Waals surface area contributed by atoms with E-state index in [9.17, 15) is 0 Å². The SMILES string of the molecule is COc1cc(CNC(=S)Nc2ccc(Cl)cc2Cl)cc(OC)c1. The number of methoxy groups -OCH3 is 2. The van der Waals surface area contributed by atoms with Crippen LogP contribution in [-0.2, 0) is 6.54 Å². The van der Waals surface area contributed by atoms with Crippen molar-refractivity contribution >= 4 is 46.2 Å². The van der Waals surface area contributed by atoms with E-state index < -0.39 is 0 Å². The molecule has 2 N–H and O–H groups in total. The van der Waals surface area contributed by atoms with Gasteiger partial charge in [-0.25, -0.2) is 0 Å². The number of hydrogen-bond acceptors (Lipinski definition) is 3. The molecule has 0 saturated heterocycles. The molecule has 23 heavy (non-hydrogen) atoms. The van der Waals surface area contributed by atoms with E-state index in [4.69, 9.17) is 44.9 Å². The topological polar surface area (TPSA) is 42.5 Å². The monoisotopic (exact) mass is 370 g/mol. The summed E-state index contributed by atoms with van der Waals surface area (Å²) in [6, 6.07) is 10.8. The number of hydrogen-bond donors (Lipinski definition) is 2. The third kappa shape index (κ3) is 5.16. The molecule has 4 nitrogen and oxygen atoms in total. The van der Waals surface area contributed by atoms with E-state index in [-0.39, 0.29) is 0 Å². The predicted octanol–water partition coefficient (Wildman–Crippen LogP) is 4.50. The van der Waals surface area contributed by atoms with E-state index in [0.717, 1.165) is 17.1 Å². The van der Waals surface area contributed by atoms with Gasteiger partial charge in [0.1, 0.15) is 11.5 Å². The van der Waals surface area contributed by atoms with Gasteiger partial charge in [-0.3, -0.25) is 0 Å². The lowest BCUT2D eigenvalue weighted by molar-refractivity contribution is 0.393. The highest BCUT2D eigenvalue weighted by atomic mass is 35.5. The van der Waals surface area contributed by atoms with Crippen LogP contribution in [0.5, 0.6) is 11.5 Å². The molecule has 0 aliphatic heterocycles. The van der Waals surface area contributed by atoms with Gasteiger partial charge in [0.2, 0.25) is 0 Å². The standard InChI is InChI=1S/C16H16Cl2N2O2S/c1-21-12-5-10(6-13(8-12)22-2)9-19-16(23)20-15-4-3-11(17)7-14(15)18/h3-8H,9H2,1-2H3,(H2,19,20,23). The zero-order chi connectivity index (χ0) is 16.8. The molecule has 2 rings (SSSR count). The van der Waals surface area contributed by atoms with Gasteiger partial charge in [-0.2, -0.15) is 0 Å². The second-order valence-electron chi connectivity index (χ2n) is 4.65. The summed E-state index contributed by atoms with van der Waals surface area (Å²) in [6.45, 7) is 0.518. The maximum Gasteiger partial charge on any atom is 0.171 e. The van der Waals surface area contributed by atoms with E-state index in [1.165, 1.54) is 0 Å². The van der Waals surface area contributed by atoms with Crippen molar-refractivity contribution < 1.29 is 9.47 Å². The van der Waals surface area contributed by atoms with Crippen molar-refractivity contribution in [2.24, 2.45) is 0 Å². The van der Waals surface area contributed by atoms with Crippen LogP contribution in [0.25, 0.3) is 0 Å². The van der Waals surface area contributed by atoms with Gasteiger partial charge in [0.05, 0.1) is 24.9 Å². The van der Waals surface area contributed by atoms with Gasteiger partial charge < -0.3 is 20.1 Å². The molecule has 0 radical (unpaired) electrons. The van der Waals surface area contributed by atoms with Crippen molar-refractivity contribution in [3.63, 3.8) is 0 Å².